The number of aromatic nitrogens is 2. The van der Waals surface area contributed by atoms with Crippen LogP contribution in [0.2, 0.25) is 0 Å². The van der Waals surface area contributed by atoms with Crippen LogP contribution in [0.25, 0.3) is 0 Å². The molecular weight excluding hydrogens is 583 g/mol. The van der Waals surface area contributed by atoms with Gasteiger partial charge in [-0.3, -0.25) is 19.2 Å². The fourth-order valence-electron chi connectivity index (χ4n) is 5.43. The average molecular weight is 611 g/mol. The monoisotopic (exact) mass is 610 g/mol. The predicted octanol–water partition coefficient (Wildman–Crippen LogP) is 1.81. The highest BCUT2D eigenvalue weighted by molar-refractivity contribution is 6.01. The number of rotatable bonds is 9. The van der Waals surface area contributed by atoms with Crippen molar-refractivity contribution in [3.63, 3.8) is 0 Å². The summed E-state index contributed by atoms with van der Waals surface area (Å²) in [7, 11) is 0. The molecular formula is C31H27FN8O5. The Morgan fingerprint density at radius 1 is 1.09 bits per heavy atom. The summed E-state index contributed by atoms with van der Waals surface area (Å²) in [4.78, 5) is 66.4. The van der Waals surface area contributed by atoms with Crippen molar-refractivity contribution >= 4 is 29.0 Å². The molecule has 2 amide bonds. The number of amides is 2. The number of anilines is 2. The quantitative estimate of drug-likeness (QED) is 0.175. The van der Waals surface area contributed by atoms with Crippen LogP contribution in [0.4, 0.5) is 15.8 Å². The molecule has 0 spiro atoms. The number of hydrogen-bond donors (Lipinski definition) is 5. The summed E-state index contributed by atoms with van der Waals surface area (Å²) in [5, 5.41) is 8.38. The first kappa shape index (κ1) is 29.2. The first-order chi connectivity index (χ1) is 21.6. The topological polar surface area (TPSA) is 190 Å². The Morgan fingerprint density at radius 3 is 2.60 bits per heavy atom. The van der Waals surface area contributed by atoms with Crippen LogP contribution in [0, 0.1) is 12.7 Å². The van der Waals surface area contributed by atoms with Crippen molar-refractivity contribution in [3.05, 3.63) is 126 Å². The highest BCUT2D eigenvalue weighted by Gasteiger charge is 2.29. The van der Waals surface area contributed by atoms with Gasteiger partial charge < -0.3 is 26.5 Å². The van der Waals surface area contributed by atoms with Crippen LogP contribution < -0.4 is 38.0 Å². The van der Waals surface area contributed by atoms with Crippen LogP contribution in [-0.2, 0) is 24.3 Å². The Morgan fingerprint density at radius 2 is 1.87 bits per heavy atom. The molecule has 1 atom stereocenters. The van der Waals surface area contributed by atoms with E-state index in [9.17, 15) is 23.6 Å². The summed E-state index contributed by atoms with van der Waals surface area (Å²) < 4.78 is 14.3. The molecule has 0 saturated heterocycles. The van der Waals surface area contributed by atoms with E-state index in [1.165, 1.54) is 24.3 Å². The fraction of sp³-hybridized carbons (Fsp3) is 0.194. The second-order valence-corrected chi connectivity index (χ2v) is 10.6. The molecule has 0 fully saturated rings. The Kier molecular flexibility index (Phi) is 7.54. The molecule has 1 aliphatic heterocycles. The van der Waals surface area contributed by atoms with Gasteiger partial charge in [0, 0.05) is 30.3 Å². The second-order valence-electron chi connectivity index (χ2n) is 10.6. The summed E-state index contributed by atoms with van der Waals surface area (Å²) in [5.41, 5.74) is 11.4. The number of fused-ring (bicyclic) bond motifs is 1. The van der Waals surface area contributed by atoms with Crippen molar-refractivity contribution in [2.45, 2.75) is 38.9 Å². The van der Waals surface area contributed by atoms with E-state index < -0.39 is 28.5 Å². The van der Waals surface area contributed by atoms with Gasteiger partial charge in [0.05, 0.1) is 6.04 Å². The van der Waals surface area contributed by atoms with Crippen LogP contribution in [0.3, 0.4) is 0 Å². The predicted molar refractivity (Wildman–Crippen MR) is 162 cm³/mol. The SMILES string of the molecule is C=C1N=C(c2ccc3c(c2C)CC[C@@H]3NC(=O)c2cc(C(=O)NCc3ccc(F)c(CNc4c(N)c(=O)c4=O)c3)ncn2)NO1. The molecule has 1 aliphatic carbocycles. The fourth-order valence-corrected chi connectivity index (χ4v) is 5.43. The zero-order valence-corrected chi connectivity index (χ0v) is 24.0. The van der Waals surface area contributed by atoms with Gasteiger partial charge >= 0.3 is 0 Å². The number of nitrogen functional groups attached to an aromatic ring is 1. The minimum Gasteiger partial charge on any atom is -0.394 e. The van der Waals surface area contributed by atoms with Crippen molar-refractivity contribution in [1.82, 2.24) is 26.1 Å². The Bertz CT molecular complexity index is 2000. The summed E-state index contributed by atoms with van der Waals surface area (Å²) in [6.07, 6.45) is 2.60. The van der Waals surface area contributed by atoms with Crippen LogP contribution in [0.1, 0.15) is 66.8 Å². The smallest absolute Gasteiger partial charge is 0.270 e. The first-order valence-corrected chi connectivity index (χ1v) is 13.9. The third-order valence-corrected chi connectivity index (χ3v) is 7.85. The summed E-state index contributed by atoms with van der Waals surface area (Å²) in [5.74, 6) is -0.676. The number of nitrogens with zero attached hydrogens (tertiary/aromatic N) is 3. The second kappa shape index (κ2) is 11.6. The third kappa shape index (κ3) is 5.60. The van der Waals surface area contributed by atoms with Gasteiger partial charge in [0.1, 0.15) is 34.9 Å². The highest BCUT2D eigenvalue weighted by atomic mass is 19.1. The number of halogens is 1. The molecule has 0 unspecified atom stereocenters. The molecule has 4 aromatic rings. The van der Waals surface area contributed by atoms with E-state index in [2.05, 4.69) is 43.0 Å². The van der Waals surface area contributed by atoms with Gasteiger partial charge in [-0.25, -0.2) is 19.8 Å². The molecule has 2 aliphatic rings. The first-order valence-electron chi connectivity index (χ1n) is 13.9. The Balaban J connectivity index is 1.08. The van der Waals surface area contributed by atoms with Crippen molar-refractivity contribution in [2.75, 3.05) is 11.1 Å². The third-order valence-electron chi connectivity index (χ3n) is 7.85. The van der Waals surface area contributed by atoms with Crippen molar-refractivity contribution in [2.24, 2.45) is 4.99 Å². The number of nitrogens with one attached hydrogen (secondary N) is 4. The minimum atomic E-state index is -0.774. The summed E-state index contributed by atoms with van der Waals surface area (Å²) in [6, 6.07) is 9.18. The van der Waals surface area contributed by atoms with Gasteiger partial charge in [0.25, 0.3) is 22.7 Å². The Hall–Kier alpha value is -5.92. The zero-order chi connectivity index (χ0) is 31.8. The van der Waals surface area contributed by atoms with E-state index in [0.717, 1.165) is 35.0 Å². The van der Waals surface area contributed by atoms with Gasteiger partial charge in [-0.05, 0) is 60.7 Å². The molecule has 6 rings (SSSR count). The van der Waals surface area contributed by atoms with Crippen molar-refractivity contribution in [1.29, 1.82) is 0 Å². The number of hydroxylamine groups is 1. The Labute approximate surface area is 255 Å². The lowest BCUT2D eigenvalue weighted by atomic mass is 9.97. The van der Waals surface area contributed by atoms with E-state index in [1.54, 1.807) is 0 Å². The molecule has 14 heteroatoms. The van der Waals surface area contributed by atoms with Crippen LogP contribution in [0.15, 0.2) is 69.8 Å². The van der Waals surface area contributed by atoms with E-state index >= 15 is 0 Å². The van der Waals surface area contributed by atoms with Gasteiger partial charge in [0.2, 0.25) is 5.88 Å². The average Bonchev–Trinajstić information content (AvgIpc) is 3.67. The standard InChI is InChI=1S/C31H27FN8O5/c1-14-18-6-8-22(20(18)5-4-19(14)29-38-15(2)45-40-29)39-31(44)24-10-23(36-13-37-24)30(43)35-11-16-3-7-21(32)17(9-16)12-34-26-25(33)27(41)28(26)42/h3-5,7,9-10,13,22,34H,2,6,8,11-12,33H2,1H3,(H,35,43)(H,38,40)(H,39,44)/t22-/m0/s1. The lowest BCUT2D eigenvalue weighted by molar-refractivity contribution is 0.0931. The minimum absolute atomic E-state index is 0.0179. The zero-order valence-electron chi connectivity index (χ0n) is 24.0. The van der Waals surface area contributed by atoms with Gasteiger partial charge in [-0.15, -0.1) is 0 Å². The lowest BCUT2D eigenvalue weighted by Gasteiger charge is -2.16. The molecule has 0 saturated carbocycles. The van der Waals surface area contributed by atoms with Gasteiger partial charge in [-0.2, -0.15) is 4.99 Å². The molecule has 3 aromatic carbocycles. The summed E-state index contributed by atoms with van der Waals surface area (Å²) >= 11 is 0. The van der Waals surface area contributed by atoms with Crippen LogP contribution in [0.5, 0.6) is 0 Å². The molecule has 13 nitrogen and oxygen atoms in total. The maximum atomic E-state index is 14.3. The number of aliphatic imine (C=N–C) groups is 1. The number of carbonyl (C=O) groups excluding carboxylic acids is 2. The number of benzene rings is 2. The largest absolute Gasteiger partial charge is 0.394 e. The molecule has 6 N–H and O–H groups in total. The van der Waals surface area contributed by atoms with Crippen molar-refractivity contribution < 1.29 is 18.8 Å². The molecule has 1 aromatic heterocycles. The molecule has 0 radical (unpaired) electrons. The van der Waals surface area contributed by atoms with Gasteiger partial charge in [0.15, 0.2) is 5.84 Å². The van der Waals surface area contributed by atoms with Crippen molar-refractivity contribution in [3.8, 4) is 0 Å². The lowest BCUT2D eigenvalue weighted by Crippen LogP contribution is -2.37. The van der Waals surface area contributed by atoms with Crippen LogP contribution in [-0.4, -0.2) is 27.6 Å². The normalized spacial score (nSPS) is 15.2. The molecule has 228 valence electrons. The number of hydrogen-bond acceptors (Lipinski definition) is 11. The number of amidine groups is 1. The van der Waals surface area contributed by atoms with E-state index in [4.69, 9.17) is 10.6 Å². The molecule has 0 bridgehead atoms. The van der Waals surface area contributed by atoms with E-state index in [0.29, 0.717) is 17.8 Å². The maximum Gasteiger partial charge on any atom is 0.270 e. The molecule has 2 heterocycles. The summed E-state index contributed by atoms with van der Waals surface area (Å²) in [6.45, 7) is 5.62. The van der Waals surface area contributed by atoms with E-state index in [-0.39, 0.29) is 53.3 Å². The van der Waals surface area contributed by atoms with Gasteiger partial charge in [-0.1, -0.05) is 18.2 Å². The highest BCUT2D eigenvalue weighted by Crippen LogP contribution is 2.35. The maximum absolute atomic E-state index is 14.3. The van der Waals surface area contributed by atoms with E-state index in [1.807, 2.05) is 19.1 Å². The number of nitrogens with two attached hydrogens (primary N) is 1. The van der Waals surface area contributed by atoms with Crippen LogP contribution >= 0.6 is 0 Å². The number of carbonyl (C=O) groups is 2. The molecule has 45 heavy (non-hydrogen) atoms.